The molecule has 1 aromatic heterocycles. The molecule has 26 heavy (non-hydrogen) atoms. The highest BCUT2D eigenvalue weighted by molar-refractivity contribution is 5.79. The van der Waals surface area contributed by atoms with Gasteiger partial charge < -0.3 is 19.9 Å². The van der Waals surface area contributed by atoms with Crippen LogP contribution in [-0.4, -0.2) is 41.8 Å². The van der Waals surface area contributed by atoms with E-state index >= 15 is 0 Å². The predicted octanol–water partition coefficient (Wildman–Crippen LogP) is 2.47. The van der Waals surface area contributed by atoms with E-state index in [0.29, 0.717) is 36.4 Å². The van der Waals surface area contributed by atoms with Crippen molar-refractivity contribution in [3.63, 3.8) is 0 Å². The van der Waals surface area contributed by atoms with Gasteiger partial charge in [-0.05, 0) is 39.3 Å². The Balaban J connectivity index is 1.75. The Labute approximate surface area is 153 Å². The lowest BCUT2D eigenvalue weighted by Gasteiger charge is -2.15. The van der Waals surface area contributed by atoms with Gasteiger partial charge in [-0.3, -0.25) is 0 Å². The number of ether oxygens (including phenoxy) is 1. The summed E-state index contributed by atoms with van der Waals surface area (Å²) in [5, 5.41) is 10.2. The highest BCUT2D eigenvalue weighted by Gasteiger charge is 2.06. The zero-order valence-electron chi connectivity index (χ0n) is 15.5. The SMILES string of the molecule is CCNC(=NCC(C)Oc1cccc(F)c1)NCCCc1nc(C)no1. The second-order valence-corrected chi connectivity index (χ2v) is 5.87. The maximum atomic E-state index is 13.2. The molecular formula is C18H26FN5O2. The molecule has 0 saturated heterocycles. The van der Waals surface area contributed by atoms with Crippen LogP contribution in [0.1, 0.15) is 32.0 Å². The topological polar surface area (TPSA) is 84.6 Å². The van der Waals surface area contributed by atoms with Gasteiger partial charge in [-0.2, -0.15) is 4.98 Å². The van der Waals surface area contributed by atoms with Crippen LogP contribution in [0.5, 0.6) is 5.75 Å². The van der Waals surface area contributed by atoms with Crippen LogP contribution < -0.4 is 15.4 Å². The van der Waals surface area contributed by atoms with Crippen LogP contribution >= 0.6 is 0 Å². The van der Waals surface area contributed by atoms with E-state index in [1.807, 2.05) is 13.8 Å². The molecular weight excluding hydrogens is 337 g/mol. The summed E-state index contributed by atoms with van der Waals surface area (Å²) in [5.74, 6) is 2.19. The summed E-state index contributed by atoms with van der Waals surface area (Å²) in [7, 11) is 0. The number of hydrogen-bond donors (Lipinski definition) is 2. The zero-order valence-corrected chi connectivity index (χ0v) is 15.5. The van der Waals surface area contributed by atoms with Crippen LogP contribution in [0.3, 0.4) is 0 Å². The van der Waals surface area contributed by atoms with Crippen molar-refractivity contribution in [2.45, 2.75) is 39.7 Å². The lowest BCUT2D eigenvalue weighted by atomic mass is 10.3. The van der Waals surface area contributed by atoms with Gasteiger partial charge in [0, 0.05) is 25.6 Å². The average Bonchev–Trinajstić information content (AvgIpc) is 3.01. The molecule has 8 heteroatoms. The van der Waals surface area contributed by atoms with Gasteiger partial charge in [0.15, 0.2) is 11.8 Å². The number of nitrogens with zero attached hydrogens (tertiary/aromatic N) is 3. The largest absolute Gasteiger partial charge is 0.489 e. The molecule has 142 valence electrons. The average molecular weight is 363 g/mol. The molecule has 0 radical (unpaired) electrons. The normalized spacial score (nSPS) is 12.7. The van der Waals surface area contributed by atoms with Crippen molar-refractivity contribution < 1.29 is 13.7 Å². The van der Waals surface area contributed by atoms with Crippen molar-refractivity contribution in [2.75, 3.05) is 19.6 Å². The van der Waals surface area contributed by atoms with Gasteiger partial charge in [0.2, 0.25) is 5.89 Å². The van der Waals surface area contributed by atoms with Crippen molar-refractivity contribution in [1.29, 1.82) is 0 Å². The van der Waals surface area contributed by atoms with E-state index in [0.717, 1.165) is 19.5 Å². The Morgan fingerprint density at radius 2 is 2.23 bits per heavy atom. The molecule has 0 bridgehead atoms. The second kappa shape index (κ2) is 10.4. The molecule has 1 atom stereocenters. The fourth-order valence-corrected chi connectivity index (χ4v) is 2.26. The smallest absolute Gasteiger partial charge is 0.226 e. The number of aliphatic imine (C=N–C) groups is 1. The molecule has 0 saturated carbocycles. The summed E-state index contributed by atoms with van der Waals surface area (Å²) in [4.78, 5) is 8.68. The first-order valence-corrected chi connectivity index (χ1v) is 8.80. The third-order valence-corrected chi connectivity index (χ3v) is 3.41. The number of aryl methyl sites for hydroxylation is 2. The first-order valence-electron chi connectivity index (χ1n) is 8.80. The maximum absolute atomic E-state index is 13.2. The third kappa shape index (κ3) is 7.08. The van der Waals surface area contributed by atoms with Crippen LogP contribution in [0, 0.1) is 12.7 Å². The Bertz CT molecular complexity index is 704. The quantitative estimate of drug-likeness (QED) is 0.404. The Morgan fingerprint density at radius 1 is 1.38 bits per heavy atom. The molecule has 0 aliphatic rings. The van der Waals surface area contributed by atoms with Crippen LogP contribution in [0.2, 0.25) is 0 Å². The van der Waals surface area contributed by atoms with Crippen LogP contribution in [0.25, 0.3) is 0 Å². The molecule has 0 amide bonds. The summed E-state index contributed by atoms with van der Waals surface area (Å²) in [5.41, 5.74) is 0. The number of halogens is 1. The minimum atomic E-state index is -0.315. The number of benzene rings is 1. The molecule has 1 heterocycles. The number of hydrogen-bond acceptors (Lipinski definition) is 5. The first-order chi connectivity index (χ1) is 12.6. The molecule has 0 fully saturated rings. The zero-order chi connectivity index (χ0) is 18.8. The summed E-state index contributed by atoms with van der Waals surface area (Å²) < 4.78 is 24.0. The predicted molar refractivity (Wildman–Crippen MR) is 97.8 cm³/mol. The highest BCUT2D eigenvalue weighted by Crippen LogP contribution is 2.13. The number of guanidine groups is 1. The lowest BCUT2D eigenvalue weighted by Crippen LogP contribution is -2.38. The molecule has 0 aliphatic carbocycles. The molecule has 0 spiro atoms. The van der Waals surface area contributed by atoms with Gasteiger partial charge in [-0.25, -0.2) is 9.38 Å². The van der Waals surface area contributed by atoms with E-state index in [-0.39, 0.29) is 11.9 Å². The van der Waals surface area contributed by atoms with Crippen molar-refractivity contribution >= 4 is 5.96 Å². The summed E-state index contributed by atoms with van der Waals surface area (Å²) in [6.45, 7) is 7.64. The minimum absolute atomic E-state index is 0.173. The summed E-state index contributed by atoms with van der Waals surface area (Å²) in [6, 6.07) is 6.10. The van der Waals surface area contributed by atoms with E-state index in [2.05, 4.69) is 25.8 Å². The summed E-state index contributed by atoms with van der Waals surface area (Å²) >= 11 is 0. The third-order valence-electron chi connectivity index (χ3n) is 3.41. The van der Waals surface area contributed by atoms with E-state index in [9.17, 15) is 4.39 Å². The van der Waals surface area contributed by atoms with Gasteiger partial charge in [0.05, 0.1) is 6.54 Å². The first kappa shape index (κ1) is 19.7. The van der Waals surface area contributed by atoms with Gasteiger partial charge in [-0.1, -0.05) is 11.2 Å². The summed E-state index contributed by atoms with van der Waals surface area (Å²) in [6.07, 6.45) is 1.39. The molecule has 2 N–H and O–H groups in total. The van der Waals surface area contributed by atoms with Crippen LogP contribution in [0.4, 0.5) is 4.39 Å². The minimum Gasteiger partial charge on any atom is -0.489 e. The maximum Gasteiger partial charge on any atom is 0.226 e. The Kier molecular flexibility index (Phi) is 7.85. The van der Waals surface area contributed by atoms with E-state index in [1.165, 1.54) is 12.1 Å². The molecule has 1 aromatic carbocycles. The number of rotatable bonds is 9. The molecule has 0 aliphatic heterocycles. The van der Waals surface area contributed by atoms with Crippen LogP contribution in [-0.2, 0) is 6.42 Å². The Morgan fingerprint density at radius 3 is 2.92 bits per heavy atom. The number of nitrogens with one attached hydrogen (secondary N) is 2. The van der Waals surface area contributed by atoms with E-state index in [4.69, 9.17) is 9.26 Å². The van der Waals surface area contributed by atoms with Gasteiger partial charge >= 0.3 is 0 Å². The van der Waals surface area contributed by atoms with E-state index < -0.39 is 0 Å². The molecule has 1 unspecified atom stereocenters. The number of aromatic nitrogens is 2. The van der Waals surface area contributed by atoms with Crippen molar-refractivity contribution in [2.24, 2.45) is 4.99 Å². The fraction of sp³-hybridized carbons (Fsp3) is 0.500. The van der Waals surface area contributed by atoms with Gasteiger partial charge in [-0.15, -0.1) is 0 Å². The monoisotopic (exact) mass is 363 g/mol. The van der Waals surface area contributed by atoms with Gasteiger partial charge in [0.1, 0.15) is 17.7 Å². The lowest BCUT2D eigenvalue weighted by molar-refractivity contribution is 0.229. The van der Waals surface area contributed by atoms with E-state index in [1.54, 1.807) is 19.1 Å². The fourth-order valence-electron chi connectivity index (χ4n) is 2.26. The molecule has 2 aromatic rings. The van der Waals surface area contributed by atoms with Crippen molar-refractivity contribution in [3.8, 4) is 5.75 Å². The standard InChI is InChI=1S/C18H26FN5O2/c1-4-20-18(21-10-6-9-17-23-14(3)24-26-17)22-12-13(2)25-16-8-5-7-15(19)11-16/h5,7-8,11,13H,4,6,9-10,12H2,1-3H3,(H2,20,21,22). The molecule has 7 nitrogen and oxygen atoms in total. The van der Waals surface area contributed by atoms with Crippen LogP contribution in [0.15, 0.2) is 33.8 Å². The second-order valence-electron chi connectivity index (χ2n) is 5.87. The van der Waals surface area contributed by atoms with Crippen molar-refractivity contribution in [3.05, 3.63) is 41.8 Å². The van der Waals surface area contributed by atoms with Gasteiger partial charge in [0.25, 0.3) is 0 Å². The highest BCUT2D eigenvalue weighted by atomic mass is 19.1. The Hall–Kier alpha value is -2.64. The van der Waals surface area contributed by atoms with Crippen molar-refractivity contribution in [1.82, 2.24) is 20.8 Å². The molecule has 2 rings (SSSR count).